The number of H-pyrrole nitrogens is 1. The van der Waals surface area contributed by atoms with Crippen LogP contribution in [0.2, 0.25) is 0 Å². The summed E-state index contributed by atoms with van der Waals surface area (Å²) in [5.41, 5.74) is 4.47. The standard InChI is InChI=1S/C19H22N4O2S/c1-11-7-12(16-9-20-10-26-16)8-15-17(11)22-19(24)23-18(15)21-13-3-5-14(25-2)6-4-13/h7-10,13-14H,3-6H2,1-2H3,(H2,21,22,23,24). The van der Waals surface area contributed by atoms with Crippen LogP contribution < -0.4 is 11.0 Å². The maximum atomic E-state index is 12.1. The Morgan fingerprint density at radius 2 is 2.08 bits per heavy atom. The number of nitrogens with one attached hydrogen (secondary N) is 2. The molecule has 136 valence electrons. The molecular weight excluding hydrogens is 348 g/mol. The Balaban J connectivity index is 1.72. The Morgan fingerprint density at radius 1 is 1.27 bits per heavy atom. The van der Waals surface area contributed by atoms with Gasteiger partial charge in [0.2, 0.25) is 0 Å². The molecular formula is C19H22N4O2S. The minimum absolute atomic E-state index is 0.311. The number of methoxy groups -OCH3 is 1. The molecule has 2 aromatic heterocycles. The highest BCUT2D eigenvalue weighted by atomic mass is 32.1. The van der Waals surface area contributed by atoms with Gasteiger partial charge in [0, 0.05) is 24.7 Å². The zero-order valence-electron chi connectivity index (χ0n) is 14.9. The predicted octanol–water partition coefficient (Wildman–Crippen LogP) is 3.72. The van der Waals surface area contributed by atoms with Crippen molar-refractivity contribution >= 4 is 28.1 Å². The van der Waals surface area contributed by atoms with Crippen molar-refractivity contribution in [2.45, 2.75) is 44.8 Å². The molecule has 1 aromatic carbocycles. The second kappa shape index (κ2) is 7.17. The van der Waals surface area contributed by atoms with Gasteiger partial charge in [0.15, 0.2) is 0 Å². The first kappa shape index (κ1) is 17.2. The second-order valence-corrected chi connectivity index (χ2v) is 7.71. The zero-order chi connectivity index (χ0) is 18.1. The molecule has 0 atom stereocenters. The lowest BCUT2D eigenvalue weighted by Gasteiger charge is -2.28. The molecule has 1 saturated carbocycles. The molecule has 0 aliphatic heterocycles. The highest BCUT2D eigenvalue weighted by molar-refractivity contribution is 7.13. The van der Waals surface area contributed by atoms with E-state index in [4.69, 9.17) is 4.74 Å². The van der Waals surface area contributed by atoms with Crippen molar-refractivity contribution in [3.63, 3.8) is 0 Å². The lowest BCUT2D eigenvalue weighted by molar-refractivity contribution is 0.0681. The molecule has 2 N–H and O–H groups in total. The van der Waals surface area contributed by atoms with E-state index in [9.17, 15) is 4.79 Å². The second-order valence-electron chi connectivity index (χ2n) is 6.83. The number of anilines is 1. The number of thiazole rings is 1. The summed E-state index contributed by atoms with van der Waals surface area (Å²) in [4.78, 5) is 24.5. The van der Waals surface area contributed by atoms with Crippen LogP contribution in [0.1, 0.15) is 31.2 Å². The molecule has 4 rings (SSSR count). The van der Waals surface area contributed by atoms with Crippen molar-refractivity contribution < 1.29 is 4.74 Å². The summed E-state index contributed by atoms with van der Waals surface area (Å²) in [6.07, 6.45) is 6.30. The fraction of sp³-hybridized carbons (Fsp3) is 0.421. The number of aryl methyl sites for hydroxylation is 1. The minimum Gasteiger partial charge on any atom is -0.381 e. The van der Waals surface area contributed by atoms with E-state index in [0.29, 0.717) is 18.0 Å². The van der Waals surface area contributed by atoms with Gasteiger partial charge in [0.1, 0.15) is 5.82 Å². The van der Waals surface area contributed by atoms with Crippen molar-refractivity contribution in [2.75, 3.05) is 12.4 Å². The molecule has 1 fully saturated rings. The summed E-state index contributed by atoms with van der Waals surface area (Å²) in [5.74, 6) is 0.666. The number of fused-ring (bicyclic) bond motifs is 1. The van der Waals surface area contributed by atoms with Gasteiger partial charge >= 0.3 is 5.69 Å². The number of rotatable bonds is 4. The molecule has 0 radical (unpaired) electrons. The van der Waals surface area contributed by atoms with Gasteiger partial charge in [0.25, 0.3) is 0 Å². The Labute approximate surface area is 155 Å². The topological polar surface area (TPSA) is 79.9 Å². The van der Waals surface area contributed by atoms with Crippen LogP contribution in [0.5, 0.6) is 0 Å². The monoisotopic (exact) mass is 370 g/mol. The van der Waals surface area contributed by atoms with Gasteiger partial charge in [-0.1, -0.05) is 0 Å². The summed E-state index contributed by atoms with van der Waals surface area (Å²) in [6, 6.07) is 4.48. The molecule has 3 aromatic rings. The van der Waals surface area contributed by atoms with E-state index in [2.05, 4.69) is 32.4 Å². The third-order valence-electron chi connectivity index (χ3n) is 5.10. The minimum atomic E-state index is -0.320. The van der Waals surface area contributed by atoms with Crippen molar-refractivity contribution in [2.24, 2.45) is 0 Å². The third-order valence-corrected chi connectivity index (χ3v) is 5.92. The number of hydrogen-bond acceptors (Lipinski definition) is 6. The lowest BCUT2D eigenvalue weighted by Crippen LogP contribution is -2.30. The van der Waals surface area contributed by atoms with E-state index in [1.165, 1.54) is 0 Å². The molecule has 0 amide bonds. The van der Waals surface area contributed by atoms with E-state index in [1.54, 1.807) is 18.4 Å². The van der Waals surface area contributed by atoms with Gasteiger partial charge in [0.05, 0.1) is 22.0 Å². The fourth-order valence-electron chi connectivity index (χ4n) is 3.68. The first-order valence-electron chi connectivity index (χ1n) is 8.87. The van der Waals surface area contributed by atoms with Crippen LogP contribution in [0.3, 0.4) is 0 Å². The lowest BCUT2D eigenvalue weighted by atomic mass is 9.93. The van der Waals surface area contributed by atoms with Crippen LogP contribution in [0, 0.1) is 6.92 Å². The van der Waals surface area contributed by atoms with E-state index >= 15 is 0 Å². The molecule has 2 heterocycles. The molecule has 0 unspecified atom stereocenters. The first-order valence-corrected chi connectivity index (χ1v) is 9.75. The average molecular weight is 370 g/mol. The molecule has 0 bridgehead atoms. The van der Waals surface area contributed by atoms with Gasteiger partial charge < -0.3 is 15.0 Å². The van der Waals surface area contributed by atoms with Crippen molar-refractivity contribution in [3.05, 3.63) is 39.9 Å². The molecule has 1 aliphatic rings. The van der Waals surface area contributed by atoms with Gasteiger partial charge in [-0.25, -0.2) is 4.79 Å². The SMILES string of the molecule is COC1CCC(Nc2nc(=O)[nH]c3c(C)cc(-c4cncs4)cc23)CC1. The Hall–Kier alpha value is -2.25. The van der Waals surface area contributed by atoms with Crippen molar-refractivity contribution in [3.8, 4) is 10.4 Å². The molecule has 7 heteroatoms. The summed E-state index contributed by atoms with van der Waals surface area (Å²) in [5, 5.41) is 4.46. The van der Waals surface area contributed by atoms with Crippen molar-refractivity contribution in [1.29, 1.82) is 0 Å². The predicted molar refractivity (Wildman–Crippen MR) is 105 cm³/mol. The van der Waals surface area contributed by atoms with Crippen molar-refractivity contribution in [1.82, 2.24) is 15.0 Å². The number of aromatic amines is 1. The summed E-state index contributed by atoms with van der Waals surface area (Å²) in [7, 11) is 1.77. The van der Waals surface area contributed by atoms with E-state index in [-0.39, 0.29) is 5.69 Å². The summed E-state index contributed by atoms with van der Waals surface area (Å²) in [6.45, 7) is 2.01. The molecule has 0 spiro atoms. The van der Waals surface area contributed by atoms with E-state index in [0.717, 1.165) is 52.6 Å². The van der Waals surface area contributed by atoms with Crippen LogP contribution in [-0.2, 0) is 4.74 Å². The Bertz CT molecular complexity index is 960. The van der Waals surface area contributed by atoms with E-state index in [1.807, 2.05) is 18.6 Å². The maximum Gasteiger partial charge on any atom is 0.347 e. The number of aromatic nitrogens is 3. The fourth-order valence-corrected chi connectivity index (χ4v) is 4.29. The Morgan fingerprint density at radius 3 is 2.77 bits per heavy atom. The molecule has 6 nitrogen and oxygen atoms in total. The quantitative estimate of drug-likeness (QED) is 0.732. The highest BCUT2D eigenvalue weighted by Gasteiger charge is 2.22. The number of benzene rings is 1. The van der Waals surface area contributed by atoms with Gasteiger partial charge in [-0.3, -0.25) is 4.98 Å². The highest BCUT2D eigenvalue weighted by Crippen LogP contribution is 2.32. The Kier molecular flexibility index (Phi) is 4.74. The summed E-state index contributed by atoms with van der Waals surface area (Å²) < 4.78 is 5.45. The molecule has 26 heavy (non-hydrogen) atoms. The number of ether oxygens (including phenoxy) is 1. The zero-order valence-corrected chi connectivity index (χ0v) is 15.7. The third kappa shape index (κ3) is 3.37. The number of hydrogen-bond donors (Lipinski definition) is 2. The van der Waals surface area contributed by atoms with Crippen LogP contribution in [-0.4, -0.2) is 34.2 Å². The molecule has 1 aliphatic carbocycles. The largest absolute Gasteiger partial charge is 0.381 e. The van der Waals surface area contributed by atoms with Crippen LogP contribution >= 0.6 is 11.3 Å². The normalized spacial score (nSPS) is 20.4. The van der Waals surface area contributed by atoms with Crippen LogP contribution in [0.4, 0.5) is 5.82 Å². The van der Waals surface area contributed by atoms with Gasteiger partial charge in [-0.2, -0.15) is 4.98 Å². The number of nitrogens with zero attached hydrogens (tertiary/aromatic N) is 2. The molecule has 0 saturated heterocycles. The van der Waals surface area contributed by atoms with Gasteiger partial charge in [-0.05, 0) is 55.9 Å². The van der Waals surface area contributed by atoms with Crippen LogP contribution in [0.15, 0.2) is 28.6 Å². The summed E-state index contributed by atoms with van der Waals surface area (Å²) >= 11 is 1.60. The van der Waals surface area contributed by atoms with E-state index < -0.39 is 0 Å². The smallest absolute Gasteiger partial charge is 0.347 e. The van der Waals surface area contributed by atoms with Gasteiger partial charge in [-0.15, -0.1) is 11.3 Å². The average Bonchev–Trinajstić information content (AvgIpc) is 3.18. The van der Waals surface area contributed by atoms with Crippen LogP contribution in [0.25, 0.3) is 21.3 Å². The maximum absolute atomic E-state index is 12.1. The first-order chi connectivity index (χ1) is 12.6.